The van der Waals surface area contributed by atoms with E-state index in [4.69, 9.17) is 5.11 Å². The van der Waals surface area contributed by atoms with Gasteiger partial charge in [0.15, 0.2) is 0 Å². The summed E-state index contributed by atoms with van der Waals surface area (Å²) in [4.78, 5) is 15.7. The Balaban J connectivity index is 1.74. The number of carbonyl (C=O) groups is 1. The second-order valence-electron chi connectivity index (χ2n) is 5.47. The summed E-state index contributed by atoms with van der Waals surface area (Å²) in [5, 5.41) is 15.9. The molecule has 1 N–H and O–H groups in total. The summed E-state index contributed by atoms with van der Waals surface area (Å²) < 4.78 is 1.59. The van der Waals surface area contributed by atoms with Crippen LogP contribution in [0.4, 0.5) is 0 Å². The molecule has 6 heteroatoms. The molecule has 0 amide bonds. The molecule has 2 aromatic heterocycles. The Bertz CT molecular complexity index is 851. The quantitative estimate of drug-likeness (QED) is 0.779. The normalized spacial score (nSPS) is 10.9. The van der Waals surface area contributed by atoms with Gasteiger partial charge in [0.25, 0.3) is 0 Å². The first kappa shape index (κ1) is 15.4. The van der Waals surface area contributed by atoms with E-state index < -0.39 is 5.97 Å². The van der Waals surface area contributed by atoms with Gasteiger partial charge in [-0.05, 0) is 32.3 Å². The minimum Gasteiger partial charge on any atom is -0.478 e. The third-order valence-corrected chi connectivity index (χ3v) is 4.58. The van der Waals surface area contributed by atoms with Crippen LogP contribution in [0.3, 0.4) is 0 Å². The molecule has 0 atom stereocenters. The summed E-state index contributed by atoms with van der Waals surface area (Å²) in [5.41, 5.74) is 4.36. The van der Waals surface area contributed by atoms with Crippen LogP contribution in [0.5, 0.6) is 0 Å². The molecule has 0 spiro atoms. The summed E-state index contributed by atoms with van der Waals surface area (Å²) >= 11 is 1.48. The first-order chi connectivity index (χ1) is 11.0. The highest BCUT2D eigenvalue weighted by molar-refractivity contribution is 7.12. The van der Waals surface area contributed by atoms with Crippen molar-refractivity contribution in [3.63, 3.8) is 0 Å². The first-order valence-corrected chi connectivity index (χ1v) is 8.21. The lowest BCUT2D eigenvalue weighted by Gasteiger charge is -2.01. The fraction of sp³-hybridized carbons (Fsp3) is 0.235. The lowest BCUT2D eigenvalue weighted by molar-refractivity contribution is 0.0696. The molecule has 5 nitrogen and oxygen atoms in total. The Morgan fingerprint density at radius 3 is 2.83 bits per heavy atom. The predicted molar refractivity (Wildman–Crippen MR) is 89.5 cm³/mol. The molecular formula is C17H17N3O2S. The van der Waals surface area contributed by atoms with Crippen molar-refractivity contribution >= 4 is 17.3 Å². The maximum atomic E-state index is 11.1. The summed E-state index contributed by atoms with van der Waals surface area (Å²) in [5.74, 6) is -0.968. The van der Waals surface area contributed by atoms with Crippen LogP contribution in [-0.2, 0) is 12.8 Å². The van der Waals surface area contributed by atoms with Crippen molar-refractivity contribution in [2.45, 2.75) is 26.7 Å². The largest absolute Gasteiger partial charge is 0.478 e. The number of aromatic carboxylic acids is 1. The number of benzene rings is 1. The van der Waals surface area contributed by atoms with Crippen LogP contribution in [-0.4, -0.2) is 25.8 Å². The van der Waals surface area contributed by atoms with Gasteiger partial charge in [-0.3, -0.25) is 0 Å². The fourth-order valence-corrected chi connectivity index (χ4v) is 3.33. The molecule has 0 saturated heterocycles. The topological polar surface area (TPSA) is 68.0 Å². The molecule has 0 saturated carbocycles. The summed E-state index contributed by atoms with van der Waals surface area (Å²) in [6, 6.07) is 8.46. The van der Waals surface area contributed by atoms with Gasteiger partial charge in [-0.2, -0.15) is 5.10 Å². The fourth-order valence-electron chi connectivity index (χ4n) is 2.46. The highest BCUT2D eigenvalue weighted by Crippen LogP contribution is 2.19. The molecule has 0 aliphatic carbocycles. The van der Waals surface area contributed by atoms with E-state index >= 15 is 0 Å². The van der Waals surface area contributed by atoms with Crippen LogP contribution in [0.2, 0.25) is 0 Å². The highest BCUT2D eigenvalue weighted by atomic mass is 32.1. The van der Waals surface area contributed by atoms with Crippen molar-refractivity contribution in [2.75, 3.05) is 0 Å². The van der Waals surface area contributed by atoms with E-state index in [0.29, 0.717) is 10.8 Å². The minimum absolute atomic E-state index is 0.210. The maximum Gasteiger partial charge on any atom is 0.339 e. The van der Waals surface area contributed by atoms with Gasteiger partial charge in [0, 0.05) is 5.38 Å². The molecular weight excluding hydrogens is 310 g/mol. The molecule has 3 aromatic rings. The second-order valence-corrected chi connectivity index (χ2v) is 6.31. The van der Waals surface area contributed by atoms with E-state index in [1.807, 2.05) is 5.38 Å². The number of carboxylic acids is 1. The average molecular weight is 327 g/mol. The number of aromatic nitrogens is 3. The van der Waals surface area contributed by atoms with E-state index in [0.717, 1.165) is 18.5 Å². The zero-order chi connectivity index (χ0) is 16.4. The number of carboxylic acid groups (broad SMARTS) is 1. The molecule has 0 radical (unpaired) electrons. The van der Waals surface area contributed by atoms with Crippen LogP contribution in [0, 0.1) is 13.8 Å². The van der Waals surface area contributed by atoms with Crippen LogP contribution in [0.1, 0.15) is 32.9 Å². The van der Waals surface area contributed by atoms with Crippen molar-refractivity contribution in [2.24, 2.45) is 0 Å². The average Bonchev–Trinajstić information content (AvgIpc) is 3.11. The van der Waals surface area contributed by atoms with Crippen molar-refractivity contribution in [3.8, 4) is 5.13 Å². The molecule has 0 aliphatic rings. The Hall–Kier alpha value is -2.47. The van der Waals surface area contributed by atoms with Gasteiger partial charge in [0.05, 0.1) is 17.6 Å². The van der Waals surface area contributed by atoms with Gasteiger partial charge in [-0.1, -0.05) is 29.8 Å². The van der Waals surface area contributed by atoms with E-state index in [1.54, 1.807) is 11.6 Å². The Morgan fingerprint density at radius 2 is 2.13 bits per heavy atom. The lowest BCUT2D eigenvalue weighted by atomic mass is 10.1. The molecule has 0 aliphatic heterocycles. The van der Waals surface area contributed by atoms with Crippen molar-refractivity contribution in [1.82, 2.24) is 14.8 Å². The number of aryl methyl sites for hydroxylation is 3. The lowest BCUT2D eigenvalue weighted by Crippen LogP contribution is -2.02. The minimum atomic E-state index is -0.968. The number of hydrogen-bond acceptors (Lipinski definition) is 4. The molecule has 0 fully saturated rings. The van der Waals surface area contributed by atoms with E-state index in [1.165, 1.54) is 28.7 Å². The molecule has 23 heavy (non-hydrogen) atoms. The van der Waals surface area contributed by atoms with Crippen LogP contribution < -0.4 is 0 Å². The van der Waals surface area contributed by atoms with Gasteiger partial charge in [0.2, 0.25) is 5.13 Å². The summed E-state index contributed by atoms with van der Waals surface area (Å²) in [6.45, 7) is 3.83. The smallest absolute Gasteiger partial charge is 0.339 e. The number of hydrogen-bond donors (Lipinski definition) is 1. The zero-order valence-electron chi connectivity index (χ0n) is 13.0. The van der Waals surface area contributed by atoms with Crippen molar-refractivity contribution < 1.29 is 9.90 Å². The molecule has 0 bridgehead atoms. The van der Waals surface area contributed by atoms with E-state index in [9.17, 15) is 4.79 Å². The van der Waals surface area contributed by atoms with E-state index in [-0.39, 0.29) is 5.56 Å². The standard InChI is InChI=1S/C17H17N3O2S/c1-11-4-3-5-13(8-11)6-7-14-10-23-17(19-14)20-12(2)15(9-18-20)16(21)22/h3-5,8-10H,6-7H2,1-2H3,(H,21,22). The number of thiazole rings is 1. The van der Waals surface area contributed by atoms with Crippen molar-refractivity contribution in [3.05, 3.63) is 63.9 Å². The van der Waals surface area contributed by atoms with Gasteiger partial charge in [-0.15, -0.1) is 11.3 Å². The Labute approximate surface area is 138 Å². The number of nitrogens with zero attached hydrogens (tertiary/aromatic N) is 3. The van der Waals surface area contributed by atoms with Crippen LogP contribution >= 0.6 is 11.3 Å². The maximum absolute atomic E-state index is 11.1. The third-order valence-electron chi connectivity index (χ3n) is 3.71. The predicted octanol–water partition coefficient (Wildman–Crippen LogP) is 3.43. The van der Waals surface area contributed by atoms with Crippen LogP contribution in [0.25, 0.3) is 5.13 Å². The van der Waals surface area contributed by atoms with Gasteiger partial charge in [0.1, 0.15) is 5.56 Å². The van der Waals surface area contributed by atoms with Crippen molar-refractivity contribution in [1.29, 1.82) is 0 Å². The summed E-state index contributed by atoms with van der Waals surface area (Å²) in [7, 11) is 0. The monoisotopic (exact) mass is 327 g/mol. The SMILES string of the molecule is Cc1cccc(CCc2csc(-n3ncc(C(=O)O)c3C)n2)c1. The molecule has 3 rings (SSSR count). The molecule has 2 heterocycles. The Morgan fingerprint density at radius 1 is 1.30 bits per heavy atom. The zero-order valence-corrected chi connectivity index (χ0v) is 13.8. The first-order valence-electron chi connectivity index (χ1n) is 7.33. The molecule has 118 valence electrons. The van der Waals surface area contributed by atoms with Gasteiger partial charge in [-0.25, -0.2) is 14.5 Å². The molecule has 0 unspecified atom stereocenters. The van der Waals surface area contributed by atoms with Gasteiger partial charge >= 0.3 is 5.97 Å². The Kier molecular flexibility index (Phi) is 4.25. The van der Waals surface area contributed by atoms with Gasteiger partial charge < -0.3 is 5.11 Å². The molecule has 1 aromatic carbocycles. The highest BCUT2D eigenvalue weighted by Gasteiger charge is 2.15. The van der Waals surface area contributed by atoms with Crippen LogP contribution in [0.15, 0.2) is 35.8 Å². The third kappa shape index (κ3) is 3.32. The van der Waals surface area contributed by atoms with E-state index in [2.05, 4.69) is 41.3 Å². The number of rotatable bonds is 5. The summed E-state index contributed by atoms with van der Waals surface area (Å²) in [6.07, 6.45) is 3.15. The second kappa shape index (κ2) is 6.34.